The zero-order valence-corrected chi connectivity index (χ0v) is 9.81. The van der Waals surface area contributed by atoms with Gasteiger partial charge in [0.15, 0.2) is 0 Å². The maximum absolute atomic E-state index is 12.3. The van der Waals surface area contributed by atoms with Gasteiger partial charge in [-0.2, -0.15) is 24.5 Å². The SMILES string of the molecule is O=C(Nc1ccsc1)c1ccc(C(F)(F)F)cc1. The third kappa shape index (κ3) is 2.89. The normalized spacial score (nSPS) is 11.3. The summed E-state index contributed by atoms with van der Waals surface area (Å²) in [6.07, 6.45) is -4.39. The van der Waals surface area contributed by atoms with Crippen molar-refractivity contribution in [2.24, 2.45) is 0 Å². The standard InChI is InChI=1S/C12H8F3NOS/c13-12(14,15)9-3-1-8(2-4-9)11(17)16-10-5-6-18-7-10/h1-7H,(H,16,17). The first kappa shape index (κ1) is 12.6. The van der Waals surface area contributed by atoms with Crippen LogP contribution in [0.3, 0.4) is 0 Å². The molecule has 6 heteroatoms. The van der Waals surface area contributed by atoms with Gasteiger partial charge in [0.1, 0.15) is 0 Å². The molecule has 2 aromatic rings. The van der Waals surface area contributed by atoms with Gasteiger partial charge >= 0.3 is 6.18 Å². The quantitative estimate of drug-likeness (QED) is 0.878. The summed E-state index contributed by atoms with van der Waals surface area (Å²) < 4.78 is 37.0. The van der Waals surface area contributed by atoms with Crippen molar-refractivity contribution in [3.05, 3.63) is 52.2 Å². The monoisotopic (exact) mass is 271 g/mol. The van der Waals surface area contributed by atoms with E-state index in [1.807, 2.05) is 0 Å². The molecule has 0 aliphatic heterocycles. The van der Waals surface area contributed by atoms with Crippen LogP contribution in [0, 0.1) is 0 Å². The molecule has 18 heavy (non-hydrogen) atoms. The summed E-state index contributed by atoms with van der Waals surface area (Å²) in [5.41, 5.74) is 0.0497. The van der Waals surface area contributed by atoms with Crippen LogP contribution < -0.4 is 5.32 Å². The molecule has 0 aliphatic rings. The molecule has 94 valence electrons. The molecule has 1 heterocycles. The van der Waals surface area contributed by atoms with E-state index in [1.54, 1.807) is 16.8 Å². The molecule has 0 unspecified atom stereocenters. The second-order valence-electron chi connectivity index (χ2n) is 3.54. The Morgan fingerprint density at radius 2 is 1.78 bits per heavy atom. The molecule has 0 bridgehead atoms. The second-order valence-corrected chi connectivity index (χ2v) is 4.32. The van der Waals surface area contributed by atoms with E-state index in [0.717, 1.165) is 24.3 Å². The van der Waals surface area contributed by atoms with Gasteiger partial charge in [-0.15, -0.1) is 0 Å². The third-order valence-corrected chi connectivity index (χ3v) is 2.94. The van der Waals surface area contributed by atoms with E-state index in [9.17, 15) is 18.0 Å². The number of carbonyl (C=O) groups excluding carboxylic acids is 1. The lowest BCUT2D eigenvalue weighted by atomic mass is 10.1. The number of hydrogen-bond donors (Lipinski definition) is 1. The Kier molecular flexibility index (Phi) is 3.38. The van der Waals surface area contributed by atoms with Gasteiger partial charge < -0.3 is 5.32 Å². The molecular weight excluding hydrogens is 263 g/mol. The lowest BCUT2D eigenvalue weighted by Crippen LogP contribution is -2.12. The Morgan fingerprint density at radius 3 is 2.28 bits per heavy atom. The van der Waals surface area contributed by atoms with Crippen LogP contribution in [0.15, 0.2) is 41.1 Å². The van der Waals surface area contributed by atoms with Crippen molar-refractivity contribution in [1.82, 2.24) is 0 Å². The van der Waals surface area contributed by atoms with Crippen LogP contribution in [0.25, 0.3) is 0 Å². The van der Waals surface area contributed by atoms with Crippen LogP contribution >= 0.6 is 11.3 Å². The Morgan fingerprint density at radius 1 is 1.11 bits per heavy atom. The Labute approximate surface area is 105 Å². The summed E-state index contributed by atoms with van der Waals surface area (Å²) in [5, 5.41) is 6.12. The van der Waals surface area contributed by atoms with E-state index < -0.39 is 17.6 Å². The third-order valence-electron chi connectivity index (χ3n) is 2.25. The van der Waals surface area contributed by atoms with Gasteiger partial charge in [0, 0.05) is 10.9 Å². The fourth-order valence-corrected chi connectivity index (χ4v) is 1.94. The summed E-state index contributed by atoms with van der Waals surface area (Å²) in [6, 6.07) is 5.81. The highest BCUT2D eigenvalue weighted by Gasteiger charge is 2.30. The van der Waals surface area contributed by atoms with E-state index in [1.165, 1.54) is 11.3 Å². The smallest absolute Gasteiger partial charge is 0.321 e. The number of anilines is 1. The number of carbonyl (C=O) groups is 1. The van der Waals surface area contributed by atoms with Crippen LogP contribution in [0.4, 0.5) is 18.9 Å². The molecule has 1 aromatic carbocycles. The number of halogens is 3. The van der Waals surface area contributed by atoms with Crippen molar-refractivity contribution in [2.75, 3.05) is 5.32 Å². The molecule has 0 radical (unpaired) electrons. The van der Waals surface area contributed by atoms with E-state index >= 15 is 0 Å². The minimum Gasteiger partial charge on any atom is -0.321 e. The van der Waals surface area contributed by atoms with Crippen molar-refractivity contribution < 1.29 is 18.0 Å². The number of benzene rings is 1. The molecule has 1 aromatic heterocycles. The van der Waals surface area contributed by atoms with E-state index in [2.05, 4.69) is 5.32 Å². The molecule has 1 amide bonds. The van der Waals surface area contributed by atoms with E-state index in [4.69, 9.17) is 0 Å². The molecular formula is C12H8F3NOS. The fourth-order valence-electron chi connectivity index (χ4n) is 1.35. The van der Waals surface area contributed by atoms with Crippen LogP contribution in [-0.4, -0.2) is 5.91 Å². The molecule has 0 fully saturated rings. The minimum atomic E-state index is -4.39. The number of thiophene rings is 1. The van der Waals surface area contributed by atoms with Crippen LogP contribution in [0.2, 0.25) is 0 Å². The molecule has 2 nitrogen and oxygen atoms in total. The van der Waals surface area contributed by atoms with Crippen LogP contribution in [0.1, 0.15) is 15.9 Å². The summed E-state index contributed by atoms with van der Waals surface area (Å²) in [6.45, 7) is 0. The molecule has 0 saturated heterocycles. The van der Waals surface area contributed by atoms with Crippen molar-refractivity contribution in [3.8, 4) is 0 Å². The first-order valence-electron chi connectivity index (χ1n) is 4.97. The van der Waals surface area contributed by atoms with Gasteiger partial charge in [0.25, 0.3) is 5.91 Å². The van der Waals surface area contributed by atoms with Gasteiger partial charge in [-0.25, -0.2) is 0 Å². The molecule has 1 N–H and O–H groups in total. The molecule has 2 rings (SSSR count). The van der Waals surface area contributed by atoms with Crippen LogP contribution in [-0.2, 0) is 6.18 Å². The predicted molar refractivity (Wildman–Crippen MR) is 63.7 cm³/mol. The summed E-state index contributed by atoms with van der Waals surface area (Å²) in [7, 11) is 0. The zero-order chi connectivity index (χ0) is 13.2. The van der Waals surface area contributed by atoms with Crippen molar-refractivity contribution >= 4 is 22.9 Å². The number of hydrogen-bond acceptors (Lipinski definition) is 2. The Bertz CT molecular complexity index is 531. The number of alkyl halides is 3. The first-order valence-corrected chi connectivity index (χ1v) is 5.92. The Hall–Kier alpha value is -1.82. The average Bonchev–Trinajstić information content (AvgIpc) is 2.81. The maximum atomic E-state index is 12.3. The average molecular weight is 271 g/mol. The zero-order valence-electron chi connectivity index (χ0n) is 8.99. The van der Waals surface area contributed by atoms with Gasteiger partial charge in [0.2, 0.25) is 0 Å². The Balaban J connectivity index is 2.12. The lowest BCUT2D eigenvalue weighted by Gasteiger charge is -2.07. The molecule has 0 atom stereocenters. The summed E-state index contributed by atoms with van der Waals surface area (Å²) >= 11 is 1.42. The molecule has 0 aliphatic carbocycles. The fraction of sp³-hybridized carbons (Fsp3) is 0.0833. The highest BCUT2D eigenvalue weighted by atomic mass is 32.1. The largest absolute Gasteiger partial charge is 0.416 e. The van der Waals surface area contributed by atoms with Gasteiger partial charge in [-0.3, -0.25) is 4.79 Å². The predicted octanol–water partition coefficient (Wildman–Crippen LogP) is 4.02. The van der Waals surface area contributed by atoms with Crippen molar-refractivity contribution in [3.63, 3.8) is 0 Å². The van der Waals surface area contributed by atoms with Crippen molar-refractivity contribution in [2.45, 2.75) is 6.18 Å². The molecule has 0 spiro atoms. The topological polar surface area (TPSA) is 29.1 Å². The van der Waals surface area contributed by atoms with E-state index in [-0.39, 0.29) is 5.56 Å². The summed E-state index contributed by atoms with van der Waals surface area (Å²) in [5.74, 6) is -0.429. The second kappa shape index (κ2) is 4.81. The first-order chi connectivity index (χ1) is 8.47. The van der Waals surface area contributed by atoms with E-state index in [0.29, 0.717) is 5.69 Å². The van der Waals surface area contributed by atoms with Gasteiger partial charge in [-0.05, 0) is 35.7 Å². The minimum absolute atomic E-state index is 0.189. The van der Waals surface area contributed by atoms with Crippen molar-refractivity contribution in [1.29, 1.82) is 0 Å². The number of amides is 1. The van der Waals surface area contributed by atoms with Gasteiger partial charge in [-0.1, -0.05) is 0 Å². The van der Waals surface area contributed by atoms with Crippen LogP contribution in [0.5, 0.6) is 0 Å². The maximum Gasteiger partial charge on any atom is 0.416 e. The highest BCUT2D eigenvalue weighted by molar-refractivity contribution is 7.08. The number of nitrogens with one attached hydrogen (secondary N) is 1. The highest BCUT2D eigenvalue weighted by Crippen LogP contribution is 2.29. The number of rotatable bonds is 2. The lowest BCUT2D eigenvalue weighted by molar-refractivity contribution is -0.137. The molecule has 0 saturated carbocycles. The van der Waals surface area contributed by atoms with Gasteiger partial charge in [0.05, 0.1) is 11.3 Å². The summed E-state index contributed by atoms with van der Waals surface area (Å²) in [4.78, 5) is 11.7.